The van der Waals surface area contributed by atoms with Gasteiger partial charge >= 0.3 is 0 Å². The number of aromatic nitrogens is 2. The largest absolute Gasteiger partial charge is 0.339 e. The molecule has 0 amide bonds. The summed E-state index contributed by atoms with van der Waals surface area (Å²) in [5, 5.41) is 11.9. The number of halogens is 1. The number of hydrogen-bond donors (Lipinski definition) is 3. The van der Waals surface area contributed by atoms with Crippen LogP contribution in [0.15, 0.2) is 34.9 Å². The Kier molecular flexibility index (Phi) is 3.72. The van der Waals surface area contributed by atoms with E-state index in [-0.39, 0.29) is 0 Å². The highest BCUT2D eigenvalue weighted by Crippen LogP contribution is 2.26. The first kappa shape index (κ1) is 12.3. The molecule has 0 aliphatic rings. The lowest BCUT2D eigenvalue weighted by Crippen LogP contribution is -2.10. The molecule has 90 valence electrons. The summed E-state index contributed by atoms with van der Waals surface area (Å²) in [6.07, 6.45) is 1.59. The first-order chi connectivity index (χ1) is 8.72. The van der Waals surface area contributed by atoms with Crippen LogP contribution in [-0.2, 0) is 0 Å². The van der Waals surface area contributed by atoms with Gasteiger partial charge in [0, 0.05) is 10.7 Å². The van der Waals surface area contributed by atoms with Gasteiger partial charge in [0.1, 0.15) is 5.82 Å². The zero-order valence-corrected chi connectivity index (χ0v) is 10.8. The Hall–Kier alpha value is -2.17. The summed E-state index contributed by atoms with van der Waals surface area (Å²) in [4.78, 5) is 8.03. The second kappa shape index (κ2) is 5.44. The molecule has 7 heteroatoms. The molecule has 0 spiro atoms. The molecule has 0 bridgehead atoms. The van der Waals surface area contributed by atoms with E-state index in [9.17, 15) is 0 Å². The predicted molar refractivity (Wildman–Crippen MR) is 72.0 cm³/mol. The van der Waals surface area contributed by atoms with Crippen LogP contribution >= 0.6 is 15.9 Å². The summed E-state index contributed by atoms with van der Waals surface area (Å²) in [7, 11) is 0. The summed E-state index contributed by atoms with van der Waals surface area (Å²) in [6, 6.07) is 9.02. The maximum Gasteiger partial charge on any atom is 0.239 e. The zero-order valence-electron chi connectivity index (χ0n) is 9.18. The highest BCUT2D eigenvalue weighted by atomic mass is 79.9. The number of rotatable bonds is 3. The summed E-state index contributed by atoms with van der Waals surface area (Å²) in [6.45, 7) is 0. The van der Waals surface area contributed by atoms with Crippen molar-refractivity contribution >= 4 is 33.4 Å². The second-order valence-electron chi connectivity index (χ2n) is 3.34. The molecule has 0 fully saturated rings. The standard InChI is InChI=1S/C11H9BrN6/c12-8-5-7(6-13)1-2-9(8)16-10-3-4-15-11(17-10)18-14/h1-5H,14H2,(H2,15,16,17,18). The van der Waals surface area contributed by atoms with Gasteiger partial charge in [-0.3, -0.25) is 5.43 Å². The van der Waals surface area contributed by atoms with Crippen LogP contribution in [0, 0.1) is 11.3 Å². The van der Waals surface area contributed by atoms with Crippen LogP contribution in [0.1, 0.15) is 5.56 Å². The summed E-state index contributed by atoms with van der Waals surface area (Å²) >= 11 is 3.38. The van der Waals surface area contributed by atoms with E-state index in [1.807, 2.05) is 0 Å². The number of anilines is 3. The number of nitriles is 1. The van der Waals surface area contributed by atoms with Gasteiger partial charge in [-0.2, -0.15) is 10.2 Å². The van der Waals surface area contributed by atoms with E-state index < -0.39 is 0 Å². The quantitative estimate of drug-likeness (QED) is 0.593. The molecular weight excluding hydrogens is 296 g/mol. The molecule has 0 unspecified atom stereocenters. The highest BCUT2D eigenvalue weighted by molar-refractivity contribution is 9.10. The minimum Gasteiger partial charge on any atom is -0.339 e. The average Bonchev–Trinajstić information content (AvgIpc) is 2.41. The van der Waals surface area contributed by atoms with Crippen molar-refractivity contribution in [2.45, 2.75) is 0 Å². The van der Waals surface area contributed by atoms with Gasteiger partial charge < -0.3 is 5.32 Å². The van der Waals surface area contributed by atoms with Crippen molar-refractivity contribution < 1.29 is 0 Å². The van der Waals surface area contributed by atoms with Crippen LogP contribution in [0.2, 0.25) is 0 Å². The third-order valence-electron chi connectivity index (χ3n) is 2.15. The van der Waals surface area contributed by atoms with Gasteiger partial charge in [0.05, 0.1) is 17.3 Å². The van der Waals surface area contributed by atoms with Crippen LogP contribution < -0.4 is 16.6 Å². The molecule has 1 heterocycles. The molecule has 0 saturated carbocycles. The minimum absolute atomic E-state index is 0.324. The van der Waals surface area contributed by atoms with E-state index >= 15 is 0 Å². The minimum atomic E-state index is 0.324. The molecule has 2 aromatic rings. The van der Waals surface area contributed by atoms with Crippen molar-refractivity contribution in [1.82, 2.24) is 9.97 Å². The van der Waals surface area contributed by atoms with Crippen molar-refractivity contribution in [1.29, 1.82) is 5.26 Å². The second-order valence-corrected chi connectivity index (χ2v) is 4.20. The summed E-state index contributed by atoms with van der Waals surface area (Å²) < 4.78 is 0.780. The molecule has 0 atom stereocenters. The number of hydrazine groups is 1. The topological polar surface area (TPSA) is 99.7 Å². The number of nitrogens with two attached hydrogens (primary N) is 1. The van der Waals surface area contributed by atoms with E-state index in [1.54, 1.807) is 30.5 Å². The van der Waals surface area contributed by atoms with Crippen molar-refractivity contribution in [3.05, 3.63) is 40.5 Å². The summed E-state index contributed by atoms with van der Waals surface area (Å²) in [5.74, 6) is 6.16. The van der Waals surface area contributed by atoms with Crippen molar-refractivity contribution in [2.75, 3.05) is 10.7 Å². The first-order valence-electron chi connectivity index (χ1n) is 4.99. The van der Waals surface area contributed by atoms with Gasteiger partial charge in [-0.05, 0) is 40.2 Å². The van der Waals surface area contributed by atoms with Gasteiger partial charge in [0.25, 0.3) is 0 Å². The Morgan fingerprint density at radius 1 is 1.33 bits per heavy atom. The number of nitrogens with one attached hydrogen (secondary N) is 2. The SMILES string of the molecule is N#Cc1ccc(Nc2ccnc(NN)n2)c(Br)c1. The average molecular weight is 305 g/mol. The molecule has 6 nitrogen and oxygen atoms in total. The van der Waals surface area contributed by atoms with Crippen LogP contribution in [-0.4, -0.2) is 9.97 Å². The van der Waals surface area contributed by atoms with Crippen LogP contribution in [0.4, 0.5) is 17.5 Å². The fourth-order valence-corrected chi connectivity index (χ4v) is 1.80. The monoisotopic (exact) mass is 304 g/mol. The van der Waals surface area contributed by atoms with Gasteiger partial charge in [-0.25, -0.2) is 10.8 Å². The van der Waals surface area contributed by atoms with Gasteiger partial charge in [0.15, 0.2) is 0 Å². The van der Waals surface area contributed by atoms with Gasteiger partial charge in [0.2, 0.25) is 5.95 Å². The van der Waals surface area contributed by atoms with E-state index in [0.29, 0.717) is 17.3 Å². The third-order valence-corrected chi connectivity index (χ3v) is 2.80. The lowest BCUT2D eigenvalue weighted by atomic mass is 10.2. The van der Waals surface area contributed by atoms with E-state index in [4.69, 9.17) is 11.1 Å². The lowest BCUT2D eigenvalue weighted by Gasteiger charge is -2.08. The van der Waals surface area contributed by atoms with Gasteiger partial charge in [-0.1, -0.05) is 0 Å². The number of nitrogens with zero attached hydrogens (tertiary/aromatic N) is 3. The first-order valence-corrected chi connectivity index (χ1v) is 5.78. The number of nitrogen functional groups attached to an aromatic ring is 1. The van der Waals surface area contributed by atoms with E-state index in [1.165, 1.54) is 0 Å². The summed E-state index contributed by atoms with van der Waals surface area (Å²) in [5.41, 5.74) is 3.75. The maximum absolute atomic E-state index is 8.78. The molecular formula is C11H9BrN6. The lowest BCUT2D eigenvalue weighted by molar-refractivity contribution is 1.12. The van der Waals surface area contributed by atoms with Crippen LogP contribution in [0.25, 0.3) is 0 Å². The molecule has 0 aliphatic carbocycles. The van der Waals surface area contributed by atoms with E-state index in [2.05, 4.69) is 42.7 Å². The molecule has 18 heavy (non-hydrogen) atoms. The molecule has 0 aliphatic heterocycles. The molecule has 2 rings (SSSR count). The van der Waals surface area contributed by atoms with E-state index in [0.717, 1.165) is 10.2 Å². The van der Waals surface area contributed by atoms with Crippen LogP contribution in [0.3, 0.4) is 0 Å². The Morgan fingerprint density at radius 3 is 2.83 bits per heavy atom. The van der Waals surface area contributed by atoms with Gasteiger partial charge in [-0.15, -0.1) is 0 Å². The zero-order chi connectivity index (χ0) is 13.0. The molecule has 0 saturated heterocycles. The van der Waals surface area contributed by atoms with Crippen LogP contribution in [0.5, 0.6) is 0 Å². The molecule has 0 radical (unpaired) electrons. The number of hydrogen-bond acceptors (Lipinski definition) is 6. The molecule has 1 aromatic heterocycles. The molecule has 1 aromatic carbocycles. The Bertz CT molecular complexity index is 607. The predicted octanol–water partition coefficient (Wildman–Crippen LogP) is 2.14. The maximum atomic E-state index is 8.78. The highest BCUT2D eigenvalue weighted by Gasteiger charge is 2.03. The van der Waals surface area contributed by atoms with Crippen molar-refractivity contribution in [3.8, 4) is 6.07 Å². The fraction of sp³-hybridized carbons (Fsp3) is 0. The fourth-order valence-electron chi connectivity index (χ4n) is 1.32. The Balaban J connectivity index is 2.26. The third kappa shape index (κ3) is 2.74. The molecule has 4 N–H and O–H groups in total. The Labute approximate surface area is 112 Å². The normalized spacial score (nSPS) is 9.61. The Morgan fingerprint density at radius 2 is 2.17 bits per heavy atom. The van der Waals surface area contributed by atoms with Crippen molar-refractivity contribution in [2.24, 2.45) is 5.84 Å². The van der Waals surface area contributed by atoms with Crippen molar-refractivity contribution in [3.63, 3.8) is 0 Å². The number of benzene rings is 1. The smallest absolute Gasteiger partial charge is 0.239 e.